The first-order valence-electron chi connectivity index (χ1n) is 4.37. The van der Waals surface area contributed by atoms with Crippen LogP contribution >= 0.6 is 10.7 Å². The number of rotatable bonds is 2. The van der Waals surface area contributed by atoms with Crippen LogP contribution in [0.25, 0.3) is 0 Å². The summed E-state index contributed by atoms with van der Waals surface area (Å²) in [4.78, 5) is 0. The molecular weight excluding hydrogens is 212 g/mol. The van der Waals surface area contributed by atoms with Gasteiger partial charge >= 0.3 is 0 Å². The smallest absolute Gasteiger partial charge is 0.238 e. The summed E-state index contributed by atoms with van der Waals surface area (Å²) < 4.78 is 26.9. The van der Waals surface area contributed by atoms with Crippen LogP contribution in [0.2, 0.25) is 0 Å². The largest absolute Gasteiger partial charge is 0.381 e. The van der Waals surface area contributed by atoms with Gasteiger partial charge in [0.25, 0.3) is 0 Å². The molecule has 1 saturated heterocycles. The van der Waals surface area contributed by atoms with Gasteiger partial charge in [0.1, 0.15) is 0 Å². The van der Waals surface area contributed by atoms with E-state index >= 15 is 0 Å². The highest BCUT2D eigenvalue weighted by molar-refractivity contribution is 8.14. The topological polar surface area (TPSA) is 43.4 Å². The standard InChI is InChI=1S/C8H15ClO3S/c1-8(2,13(9,10)11)7-3-5-12-6-4-7/h7H,3-6H2,1-2H3. The van der Waals surface area contributed by atoms with Crippen molar-refractivity contribution in [1.29, 1.82) is 0 Å². The van der Waals surface area contributed by atoms with E-state index in [1.54, 1.807) is 13.8 Å². The Morgan fingerprint density at radius 3 is 2.15 bits per heavy atom. The quantitative estimate of drug-likeness (QED) is 0.674. The Morgan fingerprint density at radius 2 is 1.77 bits per heavy atom. The molecule has 0 radical (unpaired) electrons. The Morgan fingerprint density at radius 1 is 1.31 bits per heavy atom. The van der Waals surface area contributed by atoms with Gasteiger partial charge in [-0.05, 0) is 32.6 Å². The molecule has 0 saturated carbocycles. The molecule has 0 aromatic carbocycles. The van der Waals surface area contributed by atoms with Crippen LogP contribution < -0.4 is 0 Å². The number of ether oxygens (including phenoxy) is 1. The predicted molar refractivity (Wildman–Crippen MR) is 52.4 cm³/mol. The molecule has 1 rings (SSSR count). The lowest BCUT2D eigenvalue weighted by atomic mass is 9.88. The van der Waals surface area contributed by atoms with E-state index in [1.165, 1.54) is 0 Å². The highest BCUT2D eigenvalue weighted by Gasteiger charge is 2.41. The molecule has 0 amide bonds. The van der Waals surface area contributed by atoms with Gasteiger partial charge < -0.3 is 4.74 Å². The van der Waals surface area contributed by atoms with Crippen LogP contribution in [-0.2, 0) is 13.8 Å². The first-order chi connectivity index (χ1) is 5.86. The monoisotopic (exact) mass is 226 g/mol. The second-order valence-corrected chi connectivity index (χ2v) is 7.07. The van der Waals surface area contributed by atoms with Gasteiger partial charge in [0, 0.05) is 23.9 Å². The van der Waals surface area contributed by atoms with Crippen LogP contribution in [-0.4, -0.2) is 26.4 Å². The Kier molecular flexibility index (Phi) is 3.25. The molecule has 0 aromatic heterocycles. The second-order valence-electron chi connectivity index (χ2n) is 3.93. The lowest BCUT2D eigenvalue weighted by Gasteiger charge is -2.33. The number of hydrogen-bond donors (Lipinski definition) is 0. The summed E-state index contributed by atoms with van der Waals surface area (Å²) in [7, 11) is 1.90. The fourth-order valence-electron chi connectivity index (χ4n) is 1.59. The molecule has 0 N–H and O–H groups in total. The normalized spacial score (nSPS) is 21.8. The van der Waals surface area contributed by atoms with E-state index in [4.69, 9.17) is 15.4 Å². The molecule has 0 unspecified atom stereocenters. The van der Waals surface area contributed by atoms with Gasteiger partial charge in [0.05, 0.1) is 4.75 Å². The van der Waals surface area contributed by atoms with Gasteiger partial charge in [-0.2, -0.15) is 0 Å². The summed E-state index contributed by atoms with van der Waals surface area (Å²) in [5.41, 5.74) is 0. The molecule has 5 heteroatoms. The molecule has 78 valence electrons. The molecule has 1 aliphatic rings. The van der Waals surface area contributed by atoms with Gasteiger partial charge in [-0.1, -0.05) is 0 Å². The van der Waals surface area contributed by atoms with Gasteiger partial charge in [0.2, 0.25) is 9.05 Å². The maximum atomic E-state index is 11.3. The van der Waals surface area contributed by atoms with Crippen LogP contribution in [0.5, 0.6) is 0 Å². The Labute approximate surface area is 83.8 Å². The van der Waals surface area contributed by atoms with Gasteiger partial charge in [-0.25, -0.2) is 8.42 Å². The van der Waals surface area contributed by atoms with Gasteiger partial charge in [-0.15, -0.1) is 0 Å². The first kappa shape index (κ1) is 11.3. The Balaban J connectivity index is 2.79. The molecule has 1 fully saturated rings. The molecule has 0 aromatic rings. The molecule has 1 aliphatic heterocycles. The SMILES string of the molecule is CC(C)(C1CCOCC1)S(=O)(=O)Cl. The molecule has 0 bridgehead atoms. The Hall–Kier alpha value is 0.200. The third-order valence-corrected chi connectivity index (χ3v) is 5.62. The van der Waals surface area contributed by atoms with Crippen LogP contribution in [0.15, 0.2) is 0 Å². The summed E-state index contributed by atoms with van der Waals surface area (Å²) in [6.07, 6.45) is 1.55. The molecule has 0 spiro atoms. The van der Waals surface area contributed by atoms with E-state index in [9.17, 15) is 8.42 Å². The van der Waals surface area contributed by atoms with Crippen LogP contribution in [0, 0.1) is 5.92 Å². The van der Waals surface area contributed by atoms with E-state index in [1.807, 2.05) is 0 Å². The predicted octanol–water partition coefficient (Wildman–Crippen LogP) is 1.76. The van der Waals surface area contributed by atoms with E-state index in [-0.39, 0.29) is 5.92 Å². The highest BCUT2D eigenvalue weighted by atomic mass is 35.7. The number of hydrogen-bond acceptors (Lipinski definition) is 3. The van der Waals surface area contributed by atoms with Gasteiger partial charge in [0.15, 0.2) is 0 Å². The van der Waals surface area contributed by atoms with Crippen molar-refractivity contribution in [3.63, 3.8) is 0 Å². The Bertz CT molecular complexity index is 265. The van der Waals surface area contributed by atoms with Crippen molar-refractivity contribution in [2.24, 2.45) is 5.92 Å². The van der Waals surface area contributed by atoms with Gasteiger partial charge in [-0.3, -0.25) is 0 Å². The maximum absolute atomic E-state index is 11.3. The van der Waals surface area contributed by atoms with Crippen LogP contribution in [0.3, 0.4) is 0 Å². The van der Waals surface area contributed by atoms with Crippen molar-refractivity contribution in [3.05, 3.63) is 0 Å². The van der Waals surface area contributed by atoms with E-state index in [2.05, 4.69) is 0 Å². The molecule has 0 atom stereocenters. The molecule has 3 nitrogen and oxygen atoms in total. The summed E-state index contributed by atoms with van der Waals surface area (Å²) >= 11 is 0. The van der Waals surface area contributed by atoms with Crippen molar-refractivity contribution in [2.75, 3.05) is 13.2 Å². The summed E-state index contributed by atoms with van der Waals surface area (Å²) in [5, 5.41) is 0. The lowest BCUT2D eigenvalue weighted by molar-refractivity contribution is 0.0566. The minimum atomic E-state index is -3.49. The third kappa shape index (κ3) is 2.36. The van der Waals surface area contributed by atoms with Crippen molar-refractivity contribution in [3.8, 4) is 0 Å². The van der Waals surface area contributed by atoms with E-state index < -0.39 is 13.8 Å². The maximum Gasteiger partial charge on any atom is 0.238 e. The van der Waals surface area contributed by atoms with Crippen molar-refractivity contribution < 1.29 is 13.2 Å². The van der Waals surface area contributed by atoms with Crippen molar-refractivity contribution in [1.82, 2.24) is 0 Å². The lowest BCUT2D eigenvalue weighted by Crippen LogP contribution is -2.40. The zero-order chi connectivity index (χ0) is 10.1. The third-order valence-electron chi connectivity index (χ3n) is 2.83. The van der Waals surface area contributed by atoms with E-state index in [0.29, 0.717) is 13.2 Å². The van der Waals surface area contributed by atoms with Crippen molar-refractivity contribution in [2.45, 2.75) is 31.4 Å². The zero-order valence-electron chi connectivity index (χ0n) is 7.92. The second kappa shape index (κ2) is 3.75. The average molecular weight is 227 g/mol. The van der Waals surface area contributed by atoms with Crippen molar-refractivity contribution >= 4 is 19.7 Å². The highest BCUT2D eigenvalue weighted by Crippen LogP contribution is 2.35. The summed E-state index contributed by atoms with van der Waals surface area (Å²) in [6.45, 7) is 4.65. The minimum Gasteiger partial charge on any atom is -0.381 e. The summed E-state index contributed by atoms with van der Waals surface area (Å²) in [5.74, 6) is 0.115. The molecule has 1 heterocycles. The molecule has 0 aliphatic carbocycles. The zero-order valence-corrected chi connectivity index (χ0v) is 9.49. The summed E-state index contributed by atoms with van der Waals surface area (Å²) in [6, 6.07) is 0. The van der Waals surface area contributed by atoms with Crippen LogP contribution in [0.1, 0.15) is 26.7 Å². The fourth-order valence-corrected chi connectivity index (χ4v) is 2.60. The molecular formula is C8H15ClO3S. The fraction of sp³-hybridized carbons (Fsp3) is 1.00. The first-order valence-corrected chi connectivity index (χ1v) is 6.68. The number of halogens is 1. The minimum absolute atomic E-state index is 0.115. The van der Waals surface area contributed by atoms with E-state index in [0.717, 1.165) is 12.8 Å². The van der Waals surface area contributed by atoms with Crippen LogP contribution in [0.4, 0.5) is 0 Å². The average Bonchev–Trinajstić information content (AvgIpc) is 2.04. The molecule has 13 heavy (non-hydrogen) atoms.